The van der Waals surface area contributed by atoms with Crippen molar-refractivity contribution in [1.29, 1.82) is 0 Å². The lowest BCUT2D eigenvalue weighted by molar-refractivity contribution is -0.121. The second kappa shape index (κ2) is 7.17. The van der Waals surface area contributed by atoms with E-state index >= 15 is 0 Å². The van der Waals surface area contributed by atoms with Gasteiger partial charge in [-0.1, -0.05) is 6.08 Å². The molecular formula is C17H23N3O3. The average molecular weight is 317 g/mol. The van der Waals surface area contributed by atoms with Crippen molar-refractivity contribution in [2.24, 2.45) is 0 Å². The second-order valence-electron chi connectivity index (χ2n) is 5.75. The Kier molecular flexibility index (Phi) is 5.26. The number of rotatable bonds is 5. The van der Waals surface area contributed by atoms with Crippen LogP contribution in [0.25, 0.3) is 0 Å². The molecule has 6 heteroatoms. The number of benzene rings is 1. The minimum Gasteiger partial charge on any atom is -0.489 e. The van der Waals surface area contributed by atoms with E-state index < -0.39 is 0 Å². The van der Waals surface area contributed by atoms with Crippen LogP contribution in [0.4, 0.5) is 5.69 Å². The number of amides is 2. The number of ether oxygens (including phenoxy) is 1. The molecule has 1 aliphatic heterocycles. The Morgan fingerprint density at radius 2 is 2.22 bits per heavy atom. The smallest absolute Gasteiger partial charge is 0.253 e. The van der Waals surface area contributed by atoms with Crippen molar-refractivity contribution in [2.45, 2.75) is 12.5 Å². The van der Waals surface area contributed by atoms with Gasteiger partial charge in [-0.2, -0.15) is 0 Å². The molecule has 1 heterocycles. The monoisotopic (exact) mass is 317 g/mol. The van der Waals surface area contributed by atoms with Crippen LogP contribution in [-0.2, 0) is 4.79 Å². The average Bonchev–Trinajstić information content (AvgIpc) is 2.54. The van der Waals surface area contributed by atoms with Crippen molar-refractivity contribution in [2.75, 3.05) is 39.2 Å². The number of carbonyl (C=O) groups is 2. The number of hydrogen-bond acceptors (Lipinski definition) is 4. The molecule has 0 fully saturated rings. The number of carbonyl (C=O) groups excluding carboxylic acids is 2. The molecule has 1 N–H and O–H groups in total. The summed E-state index contributed by atoms with van der Waals surface area (Å²) in [7, 11) is 5.35. The van der Waals surface area contributed by atoms with E-state index in [-0.39, 0.29) is 17.9 Å². The number of fused-ring (bicyclic) bond motifs is 1. The van der Waals surface area contributed by atoms with Gasteiger partial charge in [-0.3, -0.25) is 9.59 Å². The predicted molar refractivity (Wildman–Crippen MR) is 90.0 cm³/mol. The van der Waals surface area contributed by atoms with Gasteiger partial charge < -0.3 is 19.9 Å². The van der Waals surface area contributed by atoms with Crippen LogP contribution in [0.1, 0.15) is 16.8 Å². The maximum atomic E-state index is 12.1. The molecule has 0 radical (unpaired) electrons. The fourth-order valence-corrected chi connectivity index (χ4v) is 2.47. The maximum Gasteiger partial charge on any atom is 0.253 e. The van der Waals surface area contributed by atoms with E-state index in [0.29, 0.717) is 25.1 Å². The first-order valence-electron chi connectivity index (χ1n) is 7.53. The second-order valence-corrected chi connectivity index (χ2v) is 5.75. The molecule has 0 unspecified atom stereocenters. The highest BCUT2D eigenvalue weighted by atomic mass is 16.5. The summed E-state index contributed by atoms with van der Waals surface area (Å²) in [6.07, 6.45) is 1.98. The number of nitrogens with zero attached hydrogens (tertiary/aromatic N) is 2. The van der Waals surface area contributed by atoms with Gasteiger partial charge >= 0.3 is 0 Å². The molecule has 124 valence electrons. The summed E-state index contributed by atoms with van der Waals surface area (Å²) in [5.74, 6) is 0.618. The van der Waals surface area contributed by atoms with Crippen molar-refractivity contribution in [1.82, 2.24) is 10.2 Å². The highest BCUT2D eigenvalue weighted by Gasteiger charge is 2.27. The molecule has 1 aromatic rings. The summed E-state index contributed by atoms with van der Waals surface area (Å²) in [6.45, 7) is 4.47. The van der Waals surface area contributed by atoms with Gasteiger partial charge in [0, 0.05) is 33.3 Å². The molecular weight excluding hydrogens is 294 g/mol. The van der Waals surface area contributed by atoms with E-state index in [1.807, 2.05) is 18.0 Å². The molecule has 1 aliphatic rings. The molecule has 0 spiro atoms. The van der Waals surface area contributed by atoms with Crippen LogP contribution in [0.15, 0.2) is 30.9 Å². The summed E-state index contributed by atoms with van der Waals surface area (Å²) in [6, 6.07) is 5.30. The normalized spacial score (nSPS) is 16.1. The first-order chi connectivity index (χ1) is 10.9. The van der Waals surface area contributed by atoms with Gasteiger partial charge in [-0.05, 0) is 18.2 Å². The van der Waals surface area contributed by atoms with Gasteiger partial charge in [-0.25, -0.2) is 0 Å². The van der Waals surface area contributed by atoms with Crippen LogP contribution in [0.3, 0.4) is 0 Å². The Balaban J connectivity index is 2.16. The van der Waals surface area contributed by atoms with Crippen molar-refractivity contribution >= 4 is 17.5 Å². The standard InChI is InChI=1S/C17H23N3O3/c1-5-8-18-16(21)10-13-11-23-15-7-6-12(17(22)19(2)3)9-14(15)20(13)4/h5-7,9,13H,1,8,10-11H2,2-4H3,(H,18,21)/t13-/m0/s1. The van der Waals surface area contributed by atoms with Crippen LogP contribution in [0.5, 0.6) is 5.75 Å². The molecule has 6 nitrogen and oxygen atoms in total. The Hall–Kier alpha value is -2.50. The summed E-state index contributed by atoms with van der Waals surface area (Å²) in [5, 5.41) is 2.77. The number of likely N-dealkylation sites (N-methyl/N-ethyl adjacent to an activating group) is 1. The van der Waals surface area contributed by atoms with Gasteiger partial charge in [-0.15, -0.1) is 6.58 Å². The van der Waals surface area contributed by atoms with Gasteiger partial charge in [0.15, 0.2) is 0 Å². The van der Waals surface area contributed by atoms with E-state index in [0.717, 1.165) is 11.4 Å². The van der Waals surface area contributed by atoms with E-state index in [2.05, 4.69) is 11.9 Å². The van der Waals surface area contributed by atoms with E-state index in [4.69, 9.17) is 4.74 Å². The van der Waals surface area contributed by atoms with E-state index in [1.54, 1.807) is 32.3 Å². The van der Waals surface area contributed by atoms with Crippen molar-refractivity contribution in [3.8, 4) is 5.75 Å². The first kappa shape index (κ1) is 16.9. The molecule has 0 aliphatic carbocycles. The van der Waals surface area contributed by atoms with Gasteiger partial charge in [0.2, 0.25) is 5.91 Å². The lowest BCUT2D eigenvalue weighted by Crippen LogP contribution is -2.44. The third kappa shape index (κ3) is 3.83. The van der Waals surface area contributed by atoms with Crippen LogP contribution in [0.2, 0.25) is 0 Å². The van der Waals surface area contributed by atoms with E-state index in [1.165, 1.54) is 4.90 Å². The van der Waals surface area contributed by atoms with Gasteiger partial charge in [0.25, 0.3) is 5.91 Å². The third-order valence-corrected chi connectivity index (χ3v) is 3.84. The van der Waals surface area contributed by atoms with Crippen LogP contribution in [0, 0.1) is 0 Å². The zero-order valence-electron chi connectivity index (χ0n) is 13.8. The number of anilines is 1. The topological polar surface area (TPSA) is 61.9 Å². The maximum absolute atomic E-state index is 12.1. The molecule has 1 aromatic carbocycles. The predicted octanol–water partition coefficient (Wildman–Crippen LogP) is 1.28. The van der Waals surface area contributed by atoms with Crippen molar-refractivity contribution in [3.63, 3.8) is 0 Å². The first-order valence-corrected chi connectivity index (χ1v) is 7.53. The molecule has 0 saturated heterocycles. The van der Waals surface area contributed by atoms with Gasteiger partial charge in [0.05, 0.1) is 18.2 Å². The molecule has 2 amide bonds. The largest absolute Gasteiger partial charge is 0.489 e. The Morgan fingerprint density at radius 1 is 1.48 bits per heavy atom. The molecule has 1 atom stereocenters. The van der Waals surface area contributed by atoms with Crippen molar-refractivity contribution < 1.29 is 14.3 Å². The lowest BCUT2D eigenvalue weighted by Gasteiger charge is -2.35. The zero-order chi connectivity index (χ0) is 17.0. The summed E-state index contributed by atoms with van der Waals surface area (Å²) in [5.41, 5.74) is 1.42. The number of nitrogens with one attached hydrogen (secondary N) is 1. The Morgan fingerprint density at radius 3 is 2.87 bits per heavy atom. The minimum atomic E-state index is -0.0722. The molecule has 2 rings (SSSR count). The Bertz CT molecular complexity index is 613. The summed E-state index contributed by atoms with van der Waals surface area (Å²) in [4.78, 5) is 27.5. The fourth-order valence-electron chi connectivity index (χ4n) is 2.47. The fraction of sp³-hybridized carbons (Fsp3) is 0.412. The summed E-state index contributed by atoms with van der Waals surface area (Å²) >= 11 is 0. The molecule has 23 heavy (non-hydrogen) atoms. The van der Waals surface area contributed by atoms with Crippen LogP contribution >= 0.6 is 0 Å². The van der Waals surface area contributed by atoms with Crippen LogP contribution < -0.4 is 15.0 Å². The Labute approximate surface area is 136 Å². The summed E-state index contributed by atoms with van der Waals surface area (Å²) < 4.78 is 5.74. The zero-order valence-corrected chi connectivity index (χ0v) is 13.8. The van der Waals surface area contributed by atoms with E-state index in [9.17, 15) is 9.59 Å². The minimum absolute atomic E-state index is 0.0469. The van der Waals surface area contributed by atoms with Crippen molar-refractivity contribution in [3.05, 3.63) is 36.4 Å². The molecule has 0 aromatic heterocycles. The van der Waals surface area contributed by atoms with Crippen LogP contribution in [-0.4, -0.2) is 57.1 Å². The molecule has 0 bridgehead atoms. The molecule has 0 saturated carbocycles. The third-order valence-electron chi connectivity index (χ3n) is 3.84. The lowest BCUT2D eigenvalue weighted by atomic mass is 10.1. The van der Waals surface area contributed by atoms with Gasteiger partial charge in [0.1, 0.15) is 12.4 Å². The number of hydrogen-bond donors (Lipinski definition) is 1. The highest BCUT2D eigenvalue weighted by molar-refractivity contribution is 5.95. The quantitative estimate of drug-likeness (QED) is 0.831. The SMILES string of the molecule is C=CCNC(=O)C[C@H]1COc2ccc(C(=O)N(C)C)cc2N1C. The highest BCUT2D eigenvalue weighted by Crippen LogP contribution is 2.34.